The highest BCUT2D eigenvalue weighted by Crippen LogP contribution is 2.39. The van der Waals surface area contributed by atoms with Crippen LogP contribution < -0.4 is 4.90 Å². The van der Waals surface area contributed by atoms with E-state index in [-0.39, 0.29) is 11.8 Å². The van der Waals surface area contributed by atoms with Gasteiger partial charge in [0.15, 0.2) is 0 Å². The second kappa shape index (κ2) is 3.95. The van der Waals surface area contributed by atoms with Crippen LogP contribution in [0.4, 0.5) is 11.4 Å². The van der Waals surface area contributed by atoms with Crippen LogP contribution in [-0.2, 0) is 4.79 Å². The number of benzene rings is 1. The third kappa shape index (κ3) is 2.02. The van der Waals surface area contributed by atoms with Gasteiger partial charge in [-0.2, -0.15) is 0 Å². The van der Waals surface area contributed by atoms with Gasteiger partial charge in [-0.1, -0.05) is 15.9 Å². The Hall–Kier alpha value is -1.16. The molecular formula is C13H13BrN2O. The molecule has 3 rings (SSSR count). The minimum atomic E-state index is 0.243. The molecule has 0 saturated heterocycles. The second-order valence-electron chi connectivity index (χ2n) is 4.68. The maximum Gasteiger partial charge on any atom is 0.230 e. The SMILES string of the molecule is CC1=Nc2ccc(Br)cc2N(C(=O)C2CC2)C1. The summed E-state index contributed by atoms with van der Waals surface area (Å²) in [4.78, 5) is 18.6. The number of aliphatic imine (C=N–C) groups is 1. The van der Waals surface area contributed by atoms with Crippen LogP contribution >= 0.6 is 15.9 Å². The van der Waals surface area contributed by atoms with Gasteiger partial charge in [0, 0.05) is 16.1 Å². The van der Waals surface area contributed by atoms with Crippen molar-refractivity contribution in [2.75, 3.05) is 11.4 Å². The van der Waals surface area contributed by atoms with E-state index in [2.05, 4.69) is 20.9 Å². The van der Waals surface area contributed by atoms with E-state index < -0.39 is 0 Å². The lowest BCUT2D eigenvalue weighted by molar-refractivity contribution is -0.119. The fraction of sp³-hybridized carbons (Fsp3) is 0.385. The highest BCUT2D eigenvalue weighted by atomic mass is 79.9. The molecule has 0 spiro atoms. The maximum absolute atomic E-state index is 12.2. The Labute approximate surface area is 109 Å². The maximum atomic E-state index is 12.2. The van der Waals surface area contributed by atoms with Crippen molar-refractivity contribution in [1.29, 1.82) is 0 Å². The van der Waals surface area contributed by atoms with Gasteiger partial charge >= 0.3 is 0 Å². The van der Waals surface area contributed by atoms with E-state index in [1.165, 1.54) is 0 Å². The first-order valence-corrected chi connectivity index (χ1v) is 6.59. The first kappa shape index (κ1) is 11.0. The average molecular weight is 293 g/mol. The van der Waals surface area contributed by atoms with E-state index in [1.807, 2.05) is 30.0 Å². The molecule has 1 fully saturated rings. The third-order valence-corrected chi connectivity index (χ3v) is 3.61. The molecule has 0 N–H and O–H groups in total. The van der Waals surface area contributed by atoms with E-state index in [4.69, 9.17) is 0 Å². The van der Waals surface area contributed by atoms with Crippen molar-refractivity contribution < 1.29 is 4.79 Å². The van der Waals surface area contributed by atoms with Gasteiger partial charge < -0.3 is 4.90 Å². The van der Waals surface area contributed by atoms with Crippen LogP contribution in [-0.4, -0.2) is 18.2 Å². The summed E-state index contributed by atoms with van der Waals surface area (Å²) in [7, 11) is 0. The number of amides is 1. The predicted molar refractivity (Wildman–Crippen MR) is 72.0 cm³/mol. The summed E-state index contributed by atoms with van der Waals surface area (Å²) >= 11 is 3.45. The summed E-state index contributed by atoms with van der Waals surface area (Å²) < 4.78 is 0.986. The third-order valence-electron chi connectivity index (χ3n) is 3.12. The number of halogens is 1. The Morgan fingerprint density at radius 1 is 1.47 bits per heavy atom. The topological polar surface area (TPSA) is 32.7 Å². The lowest BCUT2D eigenvalue weighted by atomic mass is 10.1. The van der Waals surface area contributed by atoms with Crippen LogP contribution in [0.3, 0.4) is 0 Å². The van der Waals surface area contributed by atoms with Gasteiger partial charge in [0.25, 0.3) is 0 Å². The number of carbonyl (C=O) groups excluding carboxylic acids is 1. The number of carbonyl (C=O) groups is 1. The summed E-state index contributed by atoms with van der Waals surface area (Å²) in [5.41, 5.74) is 2.82. The van der Waals surface area contributed by atoms with E-state index in [1.54, 1.807) is 0 Å². The van der Waals surface area contributed by atoms with E-state index >= 15 is 0 Å². The molecule has 1 heterocycles. The van der Waals surface area contributed by atoms with Crippen molar-refractivity contribution in [1.82, 2.24) is 0 Å². The molecule has 0 bridgehead atoms. The fourth-order valence-corrected chi connectivity index (χ4v) is 2.46. The molecule has 4 heteroatoms. The zero-order chi connectivity index (χ0) is 12.0. The standard InChI is InChI=1S/C13H13BrN2O/c1-8-7-16(13(17)9-2-3-9)12-6-10(14)4-5-11(12)15-8/h4-6,9H,2-3,7H2,1H3. The summed E-state index contributed by atoms with van der Waals surface area (Å²) in [6.45, 7) is 2.59. The van der Waals surface area contributed by atoms with Gasteiger partial charge in [-0.15, -0.1) is 0 Å². The number of nitrogens with zero attached hydrogens (tertiary/aromatic N) is 2. The Bertz CT molecular complexity index is 520. The molecule has 88 valence electrons. The number of anilines is 1. The molecule has 0 aromatic heterocycles. The normalized spacial score (nSPS) is 18.7. The number of hydrogen-bond donors (Lipinski definition) is 0. The quantitative estimate of drug-likeness (QED) is 0.782. The van der Waals surface area contributed by atoms with Crippen molar-refractivity contribution in [3.05, 3.63) is 22.7 Å². The largest absolute Gasteiger partial charge is 0.304 e. The molecule has 17 heavy (non-hydrogen) atoms. The van der Waals surface area contributed by atoms with Crippen LogP contribution in [0.25, 0.3) is 0 Å². The molecule has 1 saturated carbocycles. The van der Waals surface area contributed by atoms with Crippen molar-refractivity contribution in [3.8, 4) is 0 Å². The number of rotatable bonds is 1. The van der Waals surface area contributed by atoms with Crippen LogP contribution in [0, 0.1) is 5.92 Å². The van der Waals surface area contributed by atoms with Gasteiger partial charge in [-0.25, -0.2) is 0 Å². The van der Waals surface area contributed by atoms with E-state index in [9.17, 15) is 4.79 Å². The van der Waals surface area contributed by atoms with Crippen LogP contribution in [0.1, 0.15) is 19.8 Å². The molecule has 1 aromatic rings. The highest BCUT2D eigenvalue weighted by molar-refractivity contribution is 9.10. The first-order chi connectivity index (χ1) is 8.15. The fourth-order valence-electron chi connectivity index (χ4n) is 2.11. The van der Waals surface area contributed by atoms with Crippen molar-refractivity contribution >= 4 is 38.9 Å². The minimum absolute atomic E-state index is 0.243. The van der Waals surface area contributed by atoms with Gasteiger partial charge in [-0.05, 0) is 38.0 Å². The van der Waals surface area contributed by atoms with E-state index in [0.717, 1.165) is 34.4 Å². The monoisotopic (exact) mass is 292 g/mol. The Morgan fingerprint density at radius 2 is 2.24 bits per heavy atom. The minimum Gasteiger partial charge on any atom is -0.304 e. The molecule has 1 aliphatic heterocycles. The Morgan fingerprint density at radius 3 is 2.94 bits per heavy atom. The van der Waals surface area contributed by atoms with Crippen molar-refractivity contribution in [2.24, 2.45) is 10.9 Å². The summed E-state index contributed by atoms with van der Waals surface area (Å²) in [6.07, 6.45) is 2.07. The second-order valence-corrected chi connectivity index (χ2v) is 5.59. The molecule has 0 unspecified atom stereocenters. The molecule has 1 aliphatic carbocycles. The Kier molecular flexibility index (Phi) is 2.54. The number of hydrogen-bond acceptors (Lipinski definition) is 2. The predicted octanol–water partition coefficient (Wildman–Crippen LogP) is 3.30. The smallest absolute Gasteiger partial charge is 0.230 e. The number of fused-ring (bicyclic) bond motifs is 1. The zero-order valence-corrected chi connectivity index (χ0v) is 11.2. The van der Waals surface area contributed by atoms with Crippen molar-refractivity contribution in [2.45, 2.75) is 19.8 Å². The van der Waals surface area contributed by atoms with Gasteiger partial charge in [0.1, 0.15) is 0 Å². The molecule has 1 aromatic carbocycles. The highest BCUT2D eigenvalue weighted by Gasteiger charge is 2.35. The molecule has 0 atom stereocenters. The summed E-state index contributed by atoms with van der Waals surface area (Å²) in [6, 6.07) is 5.89. The molecule has 0 radical (unpaired) electrons. The van der Waals surface area contributed by atoms with Crippen molar-refractivity contribution in [3.63, 3.8) is 0 Å². The Balaban J connectivity index is 2.04. The molecule has 1 amide bonds. The lowest BCUT2D eigenvalue weighted by Crippen LogP contribution is -2.37. The first-order valence-electron chi connectivity index (χ1n) is 5.80. The molecule has 2 aliphatic rings. The van der Waals surface area contributed by atoms with E-state index in [0.29, 0.717) is 6.54 Å². The molecular weight excluding hydrogens is 280 g/mol. The molecule has 3 nitrogen and oxygen atoms in total. The average Bonchev–Trinajstić information content (AvgIpc) is 3.11. The van der Waals surface area contributed by atoms with Gasteiger partial charge in [0.05, 0.1) is 17.9 Å². The van der Waals surface area contributed by atoms with Crippen LogP contribution in [0.2, 0.25) is 0 Å². The lowest BCUT2D eigenvalue weighted by Gasteiger charge is -2.28. The van der Waals surface area contributed by atoms with Gasteiger partial charge in [0.2, 0.25) is 5.91 Å². The zero-order valence-electron chi connectivity index (χ0n) is 9.61. The summed E-state index contributed by atoms with van der Waals surface area (Å²) in [5.74, 6) is 0.492. The van der Waals surface area contributed by atoms with Crippen LogP contribution in [0.15, 0.2) is 27.7 Å². The summed E-state index contributed by atoms with van der Waals surface area (Å²) in [5, 5.41) is 0. The van der Waals surface area contributed by atoms with Gasteiger partial charge in [-0.3, -0.25) is 9.79 Å². The van der Waals surface area contributed by atoms with Crippen LogP contribution in [0.5, 0.6) is 0 Å².